The fraction of sp³-hybridized carbons (Fsp3) is 0.200. The van der Waals surface area contributed by atoms with Crippen molar-refractivity contribution in [3.8, 4) is 5.75 Å². The summed E-state index contributed by atoms with van der Waals surface area (Å²) in [6.45, 7) is 5.78. The first kappa shape index (κ1) is 17.7. The van der Waals surface area contributed by atoms with Gasteiger partial charge in [0, 0.05) is 5.69 Å². The third kappa shape index (κ3) is 3.74. The molecular formula is C20H19FN2O3. The van der Waals surface area contributed by atoms with E-state index in [4.69, 9.17) is 9.26 Å². The lowest BCUT2D eigenvalue weighted by molar-refractivity contribution is 0.101. The van der Waals surface area contributed by atoms with Gasteiger partial charge in [-0.2, -0.15) is 0 Å². The largest absolute Gasteiger partial charge is 0.488 e. The molecule has 26 heavy (non-hydrogen) atoms. The molecule has 134 valence electrons. The van der Waals surface area contributed by atoms with Crippen molar-refractivity contribution in [3.63, 3.8) is 0 Å². The van der Waals surface area contributed by atoms with E-state index in [9.17, 15) is 9.18 Å². The molecule has 3 rings (SSSR count). The average molecular weight is 354 g/mol. The number of carbonyl (C=O) groups excluding carboxylic acids is 1. The number of rotatable bonds is 5. The van der Waals surface area contributed by atoms with Crippen molar-refractivity contribution >= 4 is 11.6 Å². The summed E-state index contributed by atoms with van der Waals surface area (Å²) in [4.78, 5) is 12.5. The van der Waals surface area contributed by atoms with Crippen molar-refractivity contribution in [1.82, 2.24) is 5.16 Å². The van der Waals surface area contributed by atoms with Gasteiger partial charge >= 0.3 is 0 Å². The van der Waals surface area contributed by atoms with E-state index in [1.165, 1.54) is 18.2 Å². The van der Waals surface area contributed by atoms with Crippen LogP contribution in [0.4, 0.5) is 10.1 Å². The van der Waals surface area contributed by atoms with Crippen LogP contribution in [-0.2, 0) is 6.61 Å². The number of nitrogens with zero attached hydrogens (tertiary/aromatic N) is 1. The highest BCUT2D eigenvalue weighted by Crippen LogP contribution is 2.25. The molecule has 5 nitrogen and oxygen atoms in total. The molecular weight excluding hydrogens is 335 g/mol. The van der Waals surface area contributed by atoms with E-state index in [1.54, 1.807) is 13.0 Å². The topological polar surface area (TPSA) is 64.4 Å². The van der Waals surface area contributed by atoms with E-state index in [1.807, 2.05) is 32.0 Å². The molecule has 0 aliphatic heterocycles. The van der Waals surface area contributed by atoms with Gasteiger partial charge < -0.3 is 14.6 Å². The van der Waals surface area contributed by atoms with Gasteiger partial charge in [-0.05, 0) is 50.1 Å². The molecule has 1 heterocycles. The van der Waals surface area contributed by atoms with Gasteiger partial charge in [0.1, 0.15) is 23.9 Å². The van der Waals surface area contributed by atoms with Crippen LogP contribution < -0.4 is 10.1 Å². The number of amides is 1. The summed E-state index contributed by atoms with van der Waals surface area (Å²) >= 11 is 0. The molecule has 0 atom stereocenters. The molecule has 1 N–H and O–H groups in total. The van der Waals surface area contributed by atoms with E-state index in [0.29, 0.717) is 17.0 Å². The van der Waals surface area contributed by atoms with Gasteiger partial charge in [-0.1, -0.05) is 29.4 Å². The zero-order chi connectivity index (χ0) is 18.7. The minimum absolute atomic E-state index is 0.123. The number of para-hydroxylation sites is 1. The molecule has 0 aliphatic rings. The Morgan fingerprint density at radius 3 is 2.54 bits per heavy atom. The first-order chi connectivity index (χ1) is 12.5. The molecule has 6 heteroatoms. The fourth-order valence-electron chi connectivity index (χ4n) is 2.67. The lowest BCUT2D eigenvalue weighted by Crippen LogP contribution is -2.15. The number of nitrogens with one attached hydrogen (secondary N) is 1. The van der Waals surface area contributed by atoms with Crippen molar-refractivity contribution in [3.05, 3.63) is 76.4 Å². The number of carbonyl (C=O) groups is 1. The SMILES string of the molecule is Cc1cccc(C)c1OCc1c(C(=O)Nc2cccc(F)c2)noc1C. The van der Waals surface area contributed by atoms with Crippen LogP contribution in [-0.4, -0.2) is 11.1 Å². The van der Waals surface area contributed by atoms with Crippen LogP contribution >= 0.6 is 0 Å². The Bertz CT molecular complexity index is 930. The van der Waals surface area contributed by atoms with Gasteiger partial charge in [0.05, 0.1) is 5.56 Å². The Morgan fingerprint density at radius 1 is 1.15 bits per heavy atom. The molecule has 0 radical (unpaired) electrons. The molecule has 0 unspecified atom stereocenters. The zero-order valence-electron chi connectivity index (χ0n) is 14.8. The number of anilines is 1. The molecule has 0 spiro atoms. The first-order valence-electron chi connectivity index (χ1n) is 8.17. The smallest absolute Gasteiger partial charge is 0.278 e. The minimum atomic E-state index is -0.479. The number of halogens is 1. The molecule has 0 aliphatic carbocycles. The van der Waals surface area contributed by atoms with Crippen LogP contribution in [0.15, 0.2) is 47.0 Å². The second kappa shape index (κ2) is 7.39. The third-order valence-corrected chi connectivity index (χ3v) is 4.05. The number of ether oxygens (including phenoxy) is 1. The van der Waals surface area contributed by atoms with Crippen molar-refractivity contribution in [2.75, 3.05) is 5.32 Å². The summed E-state index contributed by atoms with van der Waals surface area (Å²) in [5.74, 6) is 0.357. The Kier molecular flexibility index (Phi) is 5.02. The molecule has 0 fully saturated rings. The maximum absolute atomic E-state index is 13.3. The summed E-state index contributed by atoms with van der Waals surface area (Å²) < 4.78 is 24.4. The number of aryl methyl sites for hydroxylation is 3. The van der Waals surface area contributed by atoms with Gasteiger partial charge in [-0.15, -0.1) is 0 Å². The van der Waals surface area contributed by atoms with E-state index < -0.39 is 11.7 Å². The summed E-state index contributed by atoms with van der Waals surface area (Å²) in [5.41, 5.74) is 3.03. The maximum Gasteiger partial charge on any atom is 0.278 e. The highest BCUT2D eigenvalue weighted by atomic mass is 19.1. The van der Waals surface area contributed by atoms with Gasteiger partial charge in [0.25, 0.3) is 5.91 Å². The molecule has 1 amide bonds. The first-order valence-corrected chi connectivity index (χ1v) is 8.17. The number of aromatic nitrogens is 1. The van der Waals surface area contributed by atoms with Gasteiger partial charge in [-0.3, -0.25) is 4.79 Å². The lowest BCUT2D eigenvalue weighted by atomic mass is 10.1. The van der Waals surface area contributed by atoms with Crippen LogP contribution in [0.25, 0.3) is 0 Å². The van der Waals surface area contributed by atoms with Crippen LogP contribution in [0.1, 0.15) is 32.9 Å². The fourth-order valence-corrected chi connectivity index (χ4v) is 2.67. The van der Waals surface area contributed by atoms with Crippen LogP contribution in [0.2, 0.25) is 0 Å². The van der Waals surface area contributed by atoms with Gasteiger partial charge in [0.2, 0.25) is 0 Å². The predicted octanol–water partition coefficient (Wildman–Crippen LogP) is 4.57. The second-order valence-electron chi connectivity index (χ2n) is 6.04. The van der Waals surface area contributed by atoms with Gasteiger partial charge in [0.15, 0.2) is 5.69 Å². The zero-order valence-corrected chi connectivity index (χ0v) is 14.8. The Morgan fingerprint density at radius 2 is 1.85 bits per heavy atom. The maximum atomic E-state index is 13.3. The van der Waals surface area contributed by atoms with Crippen molar-refractivity contribution in [2.45, 2.75) is 27.4 Å². The summed E-state index contributed by atoms with van der Waals surface area (Å²) in [6, 6.07) is 11.5. The Hall–Kier alpha value is -3.15. The normalized spacial score (nSPS) is 10.6. The Labute approximate surface area is 150 Å². The number of benzene rings is 2. The van der Waals surface area contributed by atoms with E-state index in [-0.39, 0.29) is 12.3 Å². The quantitative estimate of drug-likeness (QED) is 0.729. The van der Waals surface area contributed by atoms with Crippen molar-refractivity contribution in [1.29, 1.82) is 0 Å². The molecule has 0 saturated carbocycles. The highest BCUT2D eigenvalue weighted by Gasteiger charge is 2.21. The second-order valence-corrected chi connectivity index (χ2v) is 6.04. The summed E-state index contributed by atoms with van der Waals surface area (Å²) in [6.07, 6.45) is 0. The van der Waals surface area contributed by atoms with Gasteiger partial charge in [-0.25, -0.2) is 4.39 Å². The van der Waals surface area contributed by atoms with Crippen LogP contribution in [0.5, 0.6) is 5.75 Å². The third-order valence-electron chi connectivity index (χ3n) is 4.05. The van der Waals surface area contributed by atoms with Crippen LogP contribution in [0.3, 0.4) is 0 Å². The number of hydrogen-bond acceptors (Lipinski definition) is 4. The average Bonchev–Trinajstić information content (AvgIpc) is 2.95. The van der Waals surface area contributed by atoms with E-state index in [0.717, 1.165) is 16.9 Å². The molecule has 3 aromatic rings. The summed E-state index contributed by atoms with van der Waals surface area (Å²) in [5, 5.41) is 6.45. The summed E-state index contributed by atoms with van der Waals surface area (Å²) in [7, 11) is 0. The number of hydrogen-bond donors (Lipinski definition) is 1. The molecule has 0 saturated heterocycles. The molecule has 2 aromatic carbocycles. The van der Waals surface area contributed by atoms with Crippen LogP contribution in [0, 0.1) is 26.6 Å². The Balaban J connectivity index is 1.79. The van der Waals surface area contributed by atoms with E-state index in [2.05, 4.69) is 10.5 Å². The molecule has 1 aromatic heterocycles. The van der Waals surface area contributed by atoms with Crippen molar-refractivity contribution in [2.24, 2.45) is 0 Å². The molecule has 0 bridgehead atoms. The monoisotopic (exact) mass is 354 g/mol. The highest BCUT2D eigenvalue weighted by molar-refractivity contribution is 6.03. The van der Waals surface area contributed by atoms with E-state index >= 15 is 0 Å². The predicted molar refractivity (Wildman–Crippen MR) is 95.8 cm³/mol. The van der Waals surface area contributed by atoms with Crippen molar-refractivity contribution < 1.29 is 18.4 Å². The lowest BCUT2D eigenvalue weighted by Gasteiger charge is -2.12. The standard InChI is InChI=1S/C20H19FN2O3/c1-12-6-4-7-13(2)19(12)25-11-17-14(3)26-23-18(17)20(24)22-16-9-5-8-15(21)10-16/h4-10H,11H2,1-3H3,(H,22,24). The minimum Gasteiger partial charge on any atom is -0.488 e.